The minimum Gasteiger partial charge on any atom is -0.351 e. The first-order chi connectivity index (χ1) is 15.9. The summed E-state index contributed by atoms with van der Waals surface area (Å²) in [5.74, 6) is 0.209. The van der Waals surface area contributed by atoms with E-state index in [1.54, 1.807) is 30.3 Å². The molecule has 0 bridgehead atoms. The third kappa shape index (κ3) is 5.65. The monoisotopic (exact) mass is 497 g/mol. The standard InChI is InChI=1S/C24H20ClN3O3S2/c25-19-13-11-17(12-14-19)15-26-21(29)16-32-23-24(33(30,31)20-9-5-2-6-10-20)28-22(27-23)18-7-3-1-4-8-18/h1-14H,15-16H2,(H,26,29)(H,27,28). The topological polar surface area (TPSA) is 91.9 Å². The van der Waals surface area contributed by atoms with Crippen LogP contribution in [-0.4, -0.2) is 30.0 Å². The molecule has 0 unspecified atom stereocenters. The van der Waals surface area contributed by atoms with Gasteiger partial charge >= 0.3 is 0 Å². The Morgan fingerprint density at radius 3 is 2.24 bits per heavy atom. The average Bonchev–Trinajstić information content (AvgIpc) is 3.29. The molecule has 0 aliphatic carbocycles. The van der Waals surface area contributed by atoms with Crippen molar-refractivity contribution in [2.45, 2.75) is 21.5 Å². The molecule has 0 aliphatic rings. The summed E-state index contributed by atoms with van der Waals surface area (Å²) < 4.78 is 26.6. The fraction of sp³-hybridized carbons (Fsp3) is 0.0833. The van der Waals surface area contributed by atoms with Gasteiger partial charge in [0.15, 0.2) is 5.03 Å². The fourth-order valence-electron chi connectivity index (χ4n) is 3.06. The predicted octanol–water partition coefficient (Wildman–Crippen LogP) is 4.97. The third-order valence-electron chi connectivity index (χ3n) is 4.75. The van der Waals surface area contributed by atoms with E-state index in [-0.39, 0.29) is 26.6 Å². The second-order valence-corrected chi connectivity index (χ2v) is 10.4. The van der Waals surface area contributed by atoms with E-state index < -0.39 is 9.84 Å². The van der Waals surface area contributed by atoms with Crippen LogP contribution in [-0.2, 0) is 21.2 Å². The highest BCUT2D eigenvalue weighted by Gasteiger charge is 2.26. The lowest BCUT2D eigenvalue weighted by Gasteiger charge is -2.06. The molecule has 0 aliphatic heterocycles. The number of imidazole rings is 1. The molecule has 9 heteroatoms. The van der Waals surface area contributed by atoms with Crippen molar-refractivity contribution in [3.05, 3.63) is 95.5 Å². The Balaban J connectivity index is 1.55. The van der Waals surface area contributed by atoms with Gasteiger partial charge in [0, 0.05) is 17.1 Å². The second kappa shape index (κ2) is 10.2. The van der Waals surface area contributed by atoms with E-state index in [1.807, 2.05) is 42.5 Å². The van der Waals surface area contributed by atoms with Crippen LogP contribution in [0.4, 0.5) is 0 Å². The van der Waals surface area contributed by atoms with Crippen molar-refractivity contribution in [3.63, 3.8) is 0 Å². The third-order valence-corrected chi connectivity index (χ3v) is 7.83. The molecule has 2 N–H and O–H groups in total. The Bertz CT molecular complexity index is 1340. The molecule has 1 aromatic heterocycles. The zero-order valence-corrected chi connectivity index (χ0v) is 19.8. The summed E-state index contributed by atoms with van der Waals surface area (Å²) in [6.45, 7) is 0.349. The summed E-state index contributed by atoms with van der Waals surface area (Å²) in [7, 11) is -3.85. The van der Waals surface area contributed by atoms with Crippen LogP contribution in [0.1, 0.15) is 5.56 Å². The van der Waals surface area contributed by atoms with Gasteiger partial charge in [0.05, 0.1) is 10.6 Å². The number of rotatable bonds is 8. The molecular weight excluding hydrogens is 478 g/mol. The number of hydrogen-bond donors (Lipinski definition) is 2. The zero-order chi connectivity index (χ0) is 23.3. The van der Waals surface area contributed by atoms with Gasteiger partial charge in [0.1, 0.15) is 10.9 Å². The largest absolute Gasteiger partial charge is 0.351 e. The number of benzene rings is 3. The molecule has 6 nitrogen and oxygen atoms in total. The van der Waals surface area contributed by atoms with E-state index >= 15 is 0 Å². The minimum absolute atomic E-state index is 0.0178. The van der Waals surface area contributed by atoms with E-state index in [1.165, 1.54) is 12.1 Å². The Kier molecular flexibility index (Phi) is 7.17. The molecule has 0 radical (unpaired) electrons. The molecule has 1 amide bonds. The number of aromatic amines is 1. The summed E-state index contributed by atoms with van der Waals surface area (Å²) >= 11 is 6.96. The number of sulfone groups is 1. The zero-order valence-electron chi connectivity index (χ0n) is 17.4. The predicted molar refractivity (Wildman–Crippen MR) is 130 cm³/mol. The van der Waals surface area contributed by atoms with Crippen molar-refractivity contribution in [2.24, 2.45) is 0 Å². The maximum atomic E-state index is 13.3. The highest BCUT2D eigenvalue weighted by molar-refractivity contribution is 8.00. The maximum Gasteiger partial charge on any atom is 0.230 e. The SMILES string of the molecule is O=C(CSc1nc(-c2ccccc2)[nH]c1S(=O)(=O)c1ccccc1)NCc1ccc(Cl)cc1. The Morgan fingerprint density at radius 1 is 0.939 bits per heavy atom. The lowest BCUT2D eigenvalue weighted by Crippen LogP contribution is -2.24. The summed E-state index contributed by atoms with van der Waals surface area (Å²) in [5, 5.41) is 3.68. The van der Waals surface area contributed by atoms with Gasteiger partial charge < -0.3 is 10.3 Å². The first-order valence-electron chi connectivity index (χ1n) is 10.0. The lowest BCUT2D eigenvalue weighted by atomic mass is 10.2. The Morgan fingerprint density at radius 2 is 1.58 bits per heavy atom. The van der Waals surface area contributed by atoms with Crippen LogP contribution < -0.4 is 5.32 Å². The van der Waals surface area contributed by atoms with Crippen LogP contribution in [0, 0.1) is 0 Å². The number of amides is 1. The Labute approximate surface area is 201 Å². The molecular formula is C24H20ClN3O3S2. The van der Waals surface area contributed by atoms with E-state index in [0.717, 1.165) is 22.9 Å². The normalized spacial score (nSPS) is 11.3. The van der Waals surface area contributed by atoms with Gasteiger partial charge in [-0.15, -0.1) is 0 Å². The molecule has 0 fully saturated rings. The van der Waals surface area contributed by atoms with Crippen molar-refractivity contribution >= 4 is 39.1 Å². The molecule has 0 spiro atoms. The number of nitrogens with one attached hydrogen (secondary N) is 2. The number of H-pyrrole nitrogens is 1. The molecule has 4 rings (SSSR count). The molecule has 1 heterocycles. The van der Waals surface area contributed by atoms with Gasteiger partial charge in [-0.25, -0.2) is 13.4 Å². The van der Waals surface area contributed by atoms with Crippen molar-refractivity contribution in [3.8, 4) is 11.4 Å². The van der Waals surface area contributed by atoms with E-state index in [4.69, 9.17) is 11.6 Å². The van der Waals surface area contributed by atoms with Gasteiger partial charge in [-0.05, 0) is 29.8 Å². The first-order valence-corrected chi connectivity index (χ1v) is 12.9. The van der Waals surface area contributed by atoms with E-state index in [9.17, 15) is 13.2 Å². The number of halogens is 1. The molecule has 0 atom stereocenters. The van der Waals surface area contributed by atoms with Gasteiger partial charge in [0.2, 0.25) is 15.7 Å². The van der Waals surface area contributed by atoms with Crippen molar-refractivity contribution in [1.82, 2.24) is 15.3 Å². The van der Waals surface area contributed by atoms with Gasteiger partial charge in [0.25, 0.3) is 0 Å². The number of nitrogens with zero attached hydrogens (tertiary/aromatic N) is 1. The molecule has 0 saturated heterocycles. The summed E-state index contributed by atoms with van der Waals surface area (Å²) in [5.41, 5.74) is 1.66. The van der Waals surface area contributed by atoms with E-state index in [2.05, 4.69) is 15.3 Å². The fourth-order valence-corrected chi connectivity index (χ4v) is 5.66. The summed E-state index contributed by atoms with van der Waals surface area (Å²) in [6.07, 6.45) is 0. The Hall–Kier alpha value is -3.07. The van der Waals surface area contributed by atoms with Crippen LogP contribution in [0.5, 0.6) is 0 Å². The number of thioether (sulfide) groups is 1. The van der Waals surface area contributed by atoms with Crippen LogP contribution in [0.2, 0.25) is 5.02 Å². The average molecular weight is 498 g/mol. The minimum atomic E-state index is -3.85. The number of carbonyl (C=O) groups excluding carboxylic acids is 1. The van der Waals surface area contributed by atoms with Crippen LogP contribution in [0.3, 0.4) is 0 Å². The van der Waals surface area contributed by atoms with Crippen LogP contribution in [0.25, 0.3) is 11.4 Å². The number of carbonyl (C=O) groups is 1. The lowest BCUT2D eigenvalue weighted by molar-refractivity contribution is -0.118. The number of aromatic nitrogens is 2. The first kappa shape index (κ1) is 23.1. The summed E-state index contributed by atoms with van der Waals surface area (Å²) in [6, 6.07) is 24.6. The maximum absolute atomic E-state index is 13.3. The van der Waals surface area contributed by atoms with Gasteiger partial charge in [-0.2, -0.15) is 0 Å². The van der Waals surface area contributed by atoms with Crippen molar-refractivity contribution in [2.75, 3.05) is 5.75 Å². The second-order valence-electron chi connectivity index (χ2n) is 7.09. The van der Waals surface area contributed by atoms with E-state index in [0.29, 0.717) is 17.4 Å². The molecule has 4 aromatic rings. The highest BCUT2D eigenvalue weighted by Crippen LogP contribution is 2.32. The molecule has 168 valence electrons. The molecule has 3 aromatic carbocycles. The summed E-state index contributed by atoms with van der Waals surface area (Å²) in [4.78, 5) is 20.0. The molecule has 0 saturated carbocycles. The smallest absolute Gasteiger partial charge is 0.230 e. The van der Waals surface area contributed by atoms with Crippen LogP contribution >= 0.6 is 23.4 Å². The molecule has 33 heavy (non-hydrogen) atoms. The highest BCUT2D eigenvalue weighted by atomic mass is 35.5. The van der Waals surface area contributed by atoms with Crippen molar-refractivity contribution in [1.29, 1.82) is 0 Å². The van der Waals surface area contributed by atoms with Gasteiger partial charge in [-0.3, -0.25) is 4.79 Å². The quantitative estimate of drug-likeness (QED) is 0.335. The van der Waals surface area contributed by atoms with Crippen molar-refractivity contribution < 1.29 is 13.2 Å². The van der Waals surface area contributed by atoms with Gasteiger partial charge in [-0.1, -0.05) is 84.0 Å². The van der Waals surface area contributed by atoms with Crippen LogP contribution in [0.15, 0.2) is 99.9 Å². The number of hydrogen-bond acceptors (Lipinski definition) is 5.